The molecule has 1 heterocycles. The van der Waals surface area contributed by atoms with Gasteiger partial charge >= 0.3 is 11.9 Å². The Labute approximate surface area is 155 Å². The van der Waals surface area contributed by atoms with Crippen molar-refractivity contribution in [2.75, 3.05) is 11.9 Å². The second-order valence-electron chi connectivity index (χ2n) is 7.60. The van der Waals surface area contributed by atoms with Crippen LogP contribution in [0.1, 0.15) is 12.8 Å². The van der Waals surface area contributed by atoms with Crippen LogP contribution in [0.3, 0.4) is 0 Å². The second-order valence-corrected chi connectivity index (χ2v) is 7.60. The molecule has 0 aromatic heterocycles. The topological polar surface area (TPSA) is 81.7 Å². The summed E-state index contributed by atoms with van der Waals surface area (Å²) in [6.45, 7) is -0.360. The van der Waals surface area contributed by atoms with Crippen LogP contribution in [-0.4, -0.2) is 30.6 Å². The zero-order chi connectivity index (χ0) is 18.5. The largest absolute Gasteiger partial charge is 0.462 e. The third kappa shape index (κ3) is 2.59. The number of nitrogens with one attached hydrogen (secondary N) is 1. The van der Waals surface area contributed by atoms with Crippen molar-refractivity contribution in [3.05, 3.63) is 42.5 Å². The summed E-state index contributed by atoms with van der Waals surface area (Å²) in [5.74, 6) is -1.72. The summed E-state index contributed by atoms with van der Waals surface area (Å²) < 4.78 is 10.6. The Morgan fingerprint density at radius 3 is 2.81 bits per heavy atom. The van der Waals surface area contributed by atoms with Crippen molar-refractivity contribution in [1.29, 1.82) is 0 Å². The van der Waals surface area contributed by atoms with Gasteiger partial charge in [0.05, 0.1) is 11.8 Å². The lowest BCUT2D eigenvalue weighted by molar-refractivity contribution is -0.157. The van der Waals surface area contributed by atoms with Crippen molar-refractivity contribution < 1.29 is 23.9 Å². The quantitative estimate of drug-likeness (QED) is 0.842. The highest BCUT2D eigenvalue weighted by molar-refractivity contribution is 6.02. The Balaban J connectivity index is 1.23. The fourth-order valence-corrected chi connectivity index (χ4v) is 5.08. The van der Waals surface area contributed by atoms with Crippen molar-refractivity contribution in [2.24, 2.45) is 23.7 Å². The maximum absolute atomic E-state index is 12.5. The van der Waals surface area contributed by atoms with Crippen LogP contribution in [-0.2, 0) is 23.9 Å². The fraction of sp³-hybridized carbons (Fsp3) is 0.381. The summed E-state index contributed by atoms with van der Waals surface area (Å²) in [7, 11) is 0. The molecule has 1 aliphatic heterocycles. The average Bonchev–Trinajstić information content (AvgIpc) is 3.29. The standard InChI is InChI=1S/C21H19NO5/c23-17(22-15-7-3-5-11-4-1-2-6-13(11)15)10-26-20(24)18-12-8-14-16(9-12)27-21(25)19(14)18/h1-7,12,14,16,18-19H,8-10H2,(H,22,23)/t12-,14+,16+,18-,19+/m1/s1. The first-order valence-electron chi connectivity index (χ1n) is 9.26. The lowest BCUT2D eigenvalue weighted by Crippen LogP contribution is -2.34. The third-order valence-corrected chi connectivity index (χ3v) is 6.16. The van der Waals surface area contributed by atoms with E-state index in [-0.39, 0.29) is 36.4 Å². The SMILES string of the molecule is O=C(COC(=O)[C@@H]1[C@@H]2C[C@@H]3[C@@H]1C(=O)O[C@H]3C2)Nc1cccc2ccccc12. The molecule has 2 saturated carbocycles. The monoisotopic (exact) mass is 365 g/mol. The zero-order valence-electron chi connectivity index (χ0n) is 14.6. The van der Waals surface area contributed by atoms with Crippen molar-refractivity contribution in [1.82, 2.24) is 0 Å². The van der Waals surface area contributed by atoms with E-state index >= 15 is 0 Å². The molecule has 27 heavy (non-hydrogen) atoms. The van der Waals surface area contributed by atoms with E-state index in [2.05, 4.69) is 5.32 Å². The Morgan fingerprint density at radius 2 is 1.93 bits per heavy atom. The molecule has 6 heteroatoms. The number of carbonyl (C=O) groups excluding carboxylic acids is 3. The molecule has 3 aliphatic rings. The molecular formula is C21H19NO5. The first-order chi connectivity index (χ1) is 13.1. The highest BCUT2D eigenvalue weighted by Gasteiger charge is 2.64. The van der Waals surface area contributed by atoms with Crippen LogP contribution >= 0.6 is 0 Å². The molecule has 6 nitrogen and oxygen atoms in total. The van der Waals surface area contributed by atoms with Gasteiger partial charge in [-0.3, -0.25) is 14.4 Å². The number of benzene rings is 2. The number of ether oxygens (including phenoxy) is 2. The predicted octanol–water partition coefficient (Wildman–Crippen LogP) is 2.52. The Morgan fingerprint density at radius 1 is 1.11 bits per heavy atom. The van der Waals surface area contributed by atoms with Gasteiger partial charge in [0, 0.05) is 17.0 Å². The van der Waals surface area contributed by atoms with Gasteiger partial charge in [0.2, 0.25) is 0 Å². The molecule has 2 aromatic rings. The molecule has 3 fully saturated rings. The molecule has 2 bridgehead atoms. The number of amides is 1. The van der Waals surface area contributed by atoms with Crippen LogP contribution in [0.5, 0.6) is 0 Å². The van der Waals surface area contributed by atoms with Gasteiger partial charge in [-0.05, 0) is 30.2 Å². The average molecular weight is 365 g/mol. The van der Waals surface area contributed by atoms with E-state index in [1.807, 2.05) is 42.5 Å². The molecule has 0 spiro atoms. The maximum atomic E-state index is 12.5. The summed E-state index contributed by atoms with van der Waals surface area (Å²) in [6.07, 6.45) is 1.55. The van der Waals surface area contributed by atoms with Gasteiger partial charge in [-0.25, -0.2) is 0 Å². The van der Waals surface area contributed by atoms with Crippen LogP contribution < -0.4 is 5.32 Å². The molecule has 2 aromatic carbocycles. The summed E-state index contributed by atoms with van der Waals surface area (Å²) in [6, 6.07) is 13.4. The molecule has 1 amide bonds. The minimum atomic E-state index is -0.466. The van der Waals surface area contributed by atoms with E-state index in [0.29, 0.717) is 5.69 Å². The Hall–Kier alpha value is -2.89. The lowest BCUT2D eigenvalue weighted by atomic mass is 9.80. The molecule has 5 atom stereocenters. The summed E-state index contributed by atoms with van der Waals surface area (Å²) in [5.41, 5.74) is 0.677. The van der Waals surface area contributed by atoms with Crippen LogP contribution in [0.25, 0.3) is 10.8 Å². The molecule has 2 aliphatic carbocycles. The van der Waals surface area contributed by atoms with Gasteiger partial charge in [-0.1, -0.05) is 36.4 Å². The number of fused-ring (bicyclic) bond motifs is 2. The number of anilines is 1. The lowest BCUT2D eigenvalue weighted by Gasteiger charge is -2.22. The number of hydrogen-bond acceptors (Lipinski definition) is 5. The van der Waals surface area contributed by atoms with Crippen molar-refractivity contribution in [3.63, 3.8) is 0 Å². The molecule has 0 unspecified atom stereocenters. The highest BCUT2D eigenvalue weighted by Crippen LogP contribution is 2.57. The van der Waals surface area contributed by atoms with Gasteiger partial charge in [0.1, 0.15) is 6.10 Å². The molecule has 1 saturated heterocycles. The second kappa shape index (κ2) is 6.08. The number of hydrogen-bond donors (Lipinski definition) is 1. The van der Waals surface area contributed by atoms with E-state index in [4.69, 9.17) is 9.47 Å². The minimum absolute atomic E-state index is 0.0220. The fourth-order valence-electron chi connectivity index (χ4n) is 5.08. The molecule has 1 N–H and O–H groups in total. The van der Waals surface area contributed by atoms with Crippen LogP contribution in [0.15, 0.2) is 42.5 Å². The van der Waals surface area contributed by atoms with Gasteiger partial charge < -0.3 is 14.8 Å². The maximum Gasteiger partial charge on any atom is 0.310 e. The number of carbonyl (C=O) groups is 3. The summed E-state index contributed by atoms with van der Waals surface area (Å²) >= 11 is 0. The highest BCUT2D eigenvalue weighted by atomic mass is 16.6. The summed E-state index contributed by atoms with van der Waals surface area (Å²) in [4.78, 5) is 36.8. The number of esters is 2. The smallest absolute Gasteiger partial charge is 0.310 e. The van der Waals surface area contributed by atoms with Crippen molar-refractivity contribution in [2.45, 2.75) is 18.9 Å². The normalized spacial score (nSPS) is 30.4. The minimum Gasteiger partial charge on any atom is -0.462 e. The third-order valence-electron chi connectivity index (χ3n) is 6.16. The van der Waals surface area contributed by atoms with Crippen LogP contribution in [0.4, 0.5) is 5.69 Å². The molecule has 0 radical (unpaired) electrons. The van der Waals surface area contributed by atoms with Crippen LogP contribution in [0, 0.1) is 23.7 Å². The van der Waals surface area contributed by atoms with E-state index in [0.717, 1.165) is 23.6 Å². The van der Waals surface area contributed by atoms with E-state index in [1.165, 1.54) is 0 Å². The Kier molecular flexibility index (Phi) is 3.67. The molecular weight excluding hydrogens is 346 g/mol. The molecule has 138 valence electrons. The van der Waals surface area contributed by atoms with Crippen molar-refractivity contribution in [3.8, 4) is 0 Å². The van der Waals surface area contributed by atoms with E-state index in [9.17, 15) is 14.4 Å². The first kappa shape index (κ1) is 16.3. The van der Waals surface area contributed by atoms with Gasteiger partial charge in [-0.2, -0.15) is 0 Å². The number of rotatable bonds is 4. The van der Waals surface area contributed by atoms with Gasteiger partial charge in [0.15, 0.2) is 6.61 Å². The van der Waals surface area contributed by atoms with Crippen LogP contribution in [0.2, 0.25) is 0 Å². The zero-order valence-corrected chi connectivity index (χ0v) is 14.6. The summed E-state index contributed by atoms with van der Waals surface area (Å²) in [5, 5.41) is 4.74. The molecule has 5 rings (SSSR count). The van der Waals surface area contributed by atoms with Gasteiger partial charge in [0.25, 0.3) is 5.91 Å². The Bertz CT molecular complexity index is 947. The van der Waals surface area contributed by atoms with Crippen molar-refractivity contribution >= 4 is 34.3 Å². The first-order valence-corrected chi connectivity index (χ1v) is 9.26. The predicted molar refractivity (Wildman–Crippen MR) is 96.6 cm³/mol. The van der Waals surface area contributed by atoms with E-state index < -0.39 is 17.8 Å². The van der Waals surface area contributed by atoms with Gasteiger partial charge in [-0.15, -0.1) is 0 Å². The van der Waals surface area contributed by atoms with E-state index in [1.54, 1.807) is 0 Å².